The topological polar surface area (TPSA) is 246 Å². The van der Waals surface area contributed by atoms with Gasteiger partial charge in [0.2, 0.25) is 0 Å². The fourth-order valence-corrected chi connectivity index (χ4v) is 4.70. The molecule has 42 heavy (non-hydrogen) atoms. The van der Waals surface area contributed by atoms with Crippen LogP contribution in [0.4, 0.5) is 0 Å². The van der Waals surface area contributed by atoms with E-state index in [2.05, 4.69) is 0 Å². The van der Waals surface area contributed by atoms with Gasteiger partial charge in [0.1, 0.15) is 5.75 Å². The molecule has 0 bridgehead atoms. The van der Waals surface area contributed by atoms with E-state index in [1.165, 1.54) is 6.07 Å². The predicted octanol–water partition coefficient (Wildman–Crippen LogP) is 2.54. The van der Waals surface area contributed by atoms with Crippen molar-refractivity contribution in [1.82, 2.24) is 0 Å². The molecule has 2 atom stereocenters. The number of phenols is 9. The van der Waals surface area contributed by atoms with Gasteiger partial charge in [-0.3, -0.25) is 9.59 Å². The number of benzene rings is 4. The van der Waals surface area contributed by atoms with Crippen LogP contribution in [0.1, 0.15) is 49.1 Å². The fraction of sp³-hybridized carbons (Fsp3) is 0.103. The molecule has 5 rings (SSSR count). The molecular formula is C29H22O13. The maximum absolute atomic E-state index is 13.6. The van der Waals surface area contributed by atoms with E-state index in [4.69, 9.17) is 4.74 Å². The first kappa shape index (κ1) is 27.7. The number of fused-ring (bicyclic) bond motifs is 1. The number of rotatable bonds is 5. The number of phenolic OH excluding ortho intramolecular Hbond substituents is 9. The number of carbonyl (C=O) groups is 2. The summed E-state index contributed by atoms with van der Waals surface area (Å²) < 4.78 is 5.93. The van der Waals surface area contributed by atoms with Crippen LogP contribution < -0.4 is 4.74 Å². The Morgan fingerprint density at radius 2 is 0.976 bits per heavy atom. The fourth-order valence-electron chi connectivity index (χ4n) is 4.70. The number of hydrogen-bond acceptors (Lipinski definition) is 13. The lowest BCUT2D eigenvalue weighted by atomic mass is 9.86. The van der Waals surface area contributed by atoms with Crippen LogP contribution in [-0.4, -0.2) is 68.7 Å². The van der Waals surface area contributed by atoms with Crippen molar-refractivity contribution in [2.75, 3.05) is 0 Å². The molecule has 1 aliphatic rings. The Bertz CT molecular complexity index is 1720. The summed E-state index contributed by atoms with van der Waals surface area (Å²) in [7, 11) is 0. The number of aromatic hydroxyl groups is 9. The van der Waals surface area contributed by atoms with E-state index in [1.807, 2.05) is 0 Å². The quantitative estimate of drug-likeness (QED) is 0.121. The second-order valence-corrected chi connectivity index (χ2v) is 9.60. The number of ketones is 2. The van der Waals surface area contributed by atoms with Gasteiger partial charge in [-0.25, -0.2) is 0 Å². The Morgan fingerprint density at radius 1 is 0.571 bits per heavy atom. The van der Waals surface area contributed by atoms with Crippen molar-refractivity contribution in [1.29, 1.82) is 0 Å². The smallest absolute Gasteiger partial charge is 0.200 e. The first-order valence-electron chi connectivity index (χ1n) is 12.1. The molecule has 0 aromatic heterocycles. The highest BCUT2D eigenvalue weighted by molar-refractivity contribution is 6.15. The van der Waals surface area contributed by atoms with Crippen LogP contribution in [0.2, 0.25) is 0 Å². The molecule has 0 fully saturated rings. The zero-order valence-corrected chi connectivity index (χ0v) is 21.2. The van der Waals surface area contributed by atoms with E-state index >= 15 is 0 Å². The third kappa shape index (κ3) is 4.63. The van der Waals surface area contributed by atoms with Crippen LogP contribution >= 0.6 is 0 Å². The largest absolute Gasteiger partial charge is 0.504 e. The van der Waals surface area contributed by atoms with Crippen molar-refractivity contribution in [2.45, 2.75) is 18.6 Å². The summed E-state index contributed by atoms with van der Waals surface area (Å²) >= 11 is 0. The lowest BCUT2D eigenvalue weighted by molar-refractivity contribution is 0.0203. The van der Waals surface area contributed by atoms with Crippen molar-refractivity contribution in [3.8, 4) is 57.5 Å². The van der Waals surface area contributed by atoms with Gasteiger partial charge >= 0.3 is 0 Å². The van der Waals surface area contributed by atoms with E-state index in [1.54, 1.807) is 0 Å². The molecule has 0 radical (unpaired) electrons. The summed E-state index contributed by atoms with van der Waals surface area (Å²) in [5.74, 6) is -8.96. The van der Waals surface area contributed by atoms with Gasteiger partial charge < -0.3 is 55.8 Å². The van der Waals surface area contributed by atoms with Crippen LogP contribution in [0.15, 0.2) is 48.5 Å². The van der Waals surface area contributed by atoms with Gasteiger partial charge in [-0.05, 0) is 48.5 Å². The molecule has 1 aliphatic heterocycles. The monoisotopic (exact) mass is 578 g/mol. The van der Waals surface area contributed by atoms with Crippen LogP contribution in [0.25, 0.3) is 0 Å². The van der Waals surface area contributed by atoms with E-state index in [0.717, 1.165) is 42.5 Å². The zero-order valence-electron chi connectivity index (χ0n) is 21.2. The third-order valence-corrected chi connectivity index (χ3v) is 6.82. The molecule has 0 amide bonds. The van der Waals surface area contributed by atoms with E-state index < -0.39 is 75.5 Å². The summed E-state index contributed by atoms with van der Waals surface area (Å²) in [6, 6.07) is 7.92. The van der Waals surface area contributed by atoms with Gasteiger partial charge in [-0.15, -0.1) is 0 Å². The maximum Gasteiger partial charge on any atom is 0.200 e. The molecule has 0 spiro atoms. The highest BCUT2D eigenvalue weighted by atomic mass is 16.5. The highest BCUT2D eigenvalue weighted by Crippen LogP contribution is 2.44. The molecule has 1 heterocycles. The summed E-state index contributed by atoms with van der Waals surface area (Å²) in [6.07, 6.45) is -2.93. The minimum Gasteiger partial charge on any atom is -0.504 e. The predicted molar refractivity (Wildman–Crippen MR) is 141 cm³/mol. The summed E-state index contributed by atoms with van der Waals surface area (Å²) in [5.41, 5.74) is -0.911. The Hall–Kier alpha value is -5.82. The second kappa shape index (κ2) is 9.98. The molecule has 4 aromatic rings. The Morgan fingerprint density at radius 3 is 1.45 bits per heavy atom. The molecule has 4 aromatic carbocycles. The van der Waals surface area contributed by atoms with Crippen LogP contribution in [-0.2, 0) is 6.42 Å². The second-order valence-electron chi connectivity index (χ2n) is 9.60. The van der Waals surface area contributed by atoms with Crippen LogP contribution in [0.5, 0.6) is 57.5 Å². The van der Waals surface area contributed by atoms with Crippen molar-refractivity contribution in [2.24, 2.45) is 0 Å². The van der Waals surface area contributed by atoms with Crippen LogP contribution in [0, 0.1) is 0 Å². The molecule has 0 saturated carbocycles. The number of hydrogen-bond donors (Lipinski definition) is 10. The van der Waals surface area contributed by atoms with Crippen molar-refractivity contribution < 1.29 is 65.4 Å². The molecule has 216 valence electrons. The number of ether oxygens (including phenoxy) is 1. The minimum absolute atomic E-state index is 0.0346. The molecule has 13 heteroatoms. The van der Waals surface area contributed by atoms with E-state index in [9.17, 15) is 60.7 Å². The van der Waals surface area contributed by atoms with Gasteiger partial charge in [0, 0.05) is 39.8 Å². The highest BCUT2D eigenvalue weighted by Gasteiger charge is 2.35. The molecule has 0 aliphatic carbocycles. The van der Waals surface area contributed by atoms with Crippen molar-refractivity contribution in [3.05, 3.63) is 81.9 Å². The average Bonchev–Trinajstić information content (AvgIpc) is 2.95. The first-order valence-corrected chi connectivity index (χ1v) is 12.1. The van der Waals surface area contributed by atoms with Gasteiger partial charge in [0.05, 0.1) is 6.10 Å². The number of aliphatic hydroxyl groups is 1. The normalized spacial score (nSPS) is 15.9. The van der Waals surface area contributed by atoms with Crippen molar-refractivity contribution >= 4 is 11.6 Å². The van der Waals surface area contributed by atoms with E-state index in [-0.39, 0.29) is 45.6 Å². The summed E-state index contributed by atoms with van der Waals surface area (Å²) in [4.78, 5) is 27.1. The molecule has 0 saturated heterocycles. The standard InChI is InChI=1S/C29H22O13/c30-16-2-11(3-17(31)26(16)39)24(37)10-1-15(25(38)12-4-18(32)27(40)19(33)5-12)14-9-22(36)29(42-23(14)8-10)13-6-20(34)28(41)21(35)7-13/h1-8,22,29-36,39-41H,9H2/t22?,29-/m1/s1. The lowest BCUT2D eigenvalue weighted by Gasteiger charge is -2.32. The Labute approximate surface area is 235 Å². The molecule has 10 N–H and O–H groups in total. The molecular weight excluding hydrogens is 556 g/mol. The number of carbonyl (C=O) groups excluding carboxylic acids is 2. The maximum atomic E-state index is 13.6. The van der Waals surface area contributed by atoms with Gasteiger partial charge in [-0.1, -0.05) is 0 Å². The molecule has 1 unspecified atom stereocenters. The SMILES string of the molecule is O=C(c1cc(O)c(O)c(O)c1)c1cc2c(c(C(=O)c3cc(O)c(O)c(O)c3)c1)CC(O)[C@@H](c1cc(O)c(O)c(O)c1)O2. The first-order chi connectivity index (χ1) is 19.8. The average molecular weight is 578 g/mol. The third-order valence-electron chi connectivity index (χ3n) is 6.82. The number of aliphatic hydroxyl groups excluding tert-OH is 1. The summed E-state index contributed by atoms with van der Waals surface area (Å²) in [5, 5.41) is 99.6. The minimum atomic E-state index is -1.39. The van der Waals surface area contributed by atoms with E-state index in [0.29, 0.717) is 0 Å². The zero-order chi connectivity index (χ0) is 30.6. The van der Waals surface area contributed by atoms with Gasteiger partial charge in [0.15, 0.2) is 69.4 Å². The lowest BCUT2D eigenvalue weighted by Crippen LogP contribution is -2.31. The Balaban J connectivity index is 1.67. The van der Waals surface area contributed by atoms with Crippen LogP contribution in [0.3, 0.4) is 0 Å². The summed E-state index contributed by atoms with van der Waals surface area (Å²) in [6.45, 7) is 0. The van der Waals surface area contributed by atoms with Gasteiger partial charge in [0.25, 0.3) is 0 Å². The Kier molecular flexibility index (Phi) is 6.59. The molecule has 13 nitrogen and oxygen atoms in total. The van der Waals surface area contributed by atoms with Crippen molar-refractivity contribution in [3.63, 3.8) is 0 Å². The van der Waals surface area contributed by atoms with Gasteiger partial charge in [-0.2, -0.15) is 0 Å².